The van der Waals surface area contributed by atoms with E-state index in [1.807, 2.05) is 12.1 Å². The van der Waals surface area contributed by atoms with Gasteiger partial charge in [0.05, 0.1) is 11.8 Å². The highest BCUT2D eigenvalue weighted by atomic mass is 32.2. The van der Waals surface area contributed by atoms with Gasteiger partial charge in [0, 0.05) is 10.6 Å². The Morgan fingerprint density at radius 1 is 1.16 bits per heavy atom. The summed E-state index contributed by atoms with van der Waals surface area (Å²) in [5, 5.41) is 15.0. The molecule has 0 saturated heterocycles. The van der Waals surface area contributed by atoms with Crippen molar-refractivity contribution in [3.05, 3.63) is 59.7 Å². The topological polar surface area (TPSA) is 66.9 Å². The van der Waals surface area contributed by atoms with E-state index in [0.29, 0.717) is 26.1 Å². The van der Waals surface area contributed by atoms with Crippen LogP contribution in [-0.4, -0.2) is 27.6 Å². The average Bonchev–Trinajstić information content (AvgIpc) is 3.21. The van der Waals surface area contributed by atoms with Gasteiger partial charge in [-0.3, -0.25) is 4.79 Å². The molecule has 1 aliphatic carbocycles. The standard InChI is InChI=1S/C21H20F2N4OS3/c22-19(23)30-15-10-8-14(9-11-15)24-20-26-27-21(31-20)29-12-18(28)25-17-7-3-5-13-4-1-2-6-16(13)17/h1-2,4,6,8-11,17,19H,3,5,7,12H2,(H,24,26)(H,25,28). The van der Waals surface area contributed by atoms with Gasteiger partial charge < -0.3 is 10.6 Å². The second kappa shape index (κ2) is 10.4. The van der Waals surface area contributed by atoms with Crippen LogP contribution in [0.25, 0.3) is 0 Å². The number of alkyl halides is 2. The summed E-state index contributed by atoms with van der Waals surface area (Å²) in [5.41, 5.74) is 3.26. The minimum atomic E-state index is -2.44. The van der Waals surface area contributed by atoms with Gasteiger partial charge in [-0.25, -0.2) is 0 Å². The number of hydrogen-bond acceptors (Lipinski definition) is 7. The van der Waals surface area contributed by atoms with Gasteiger partial charge in [0.2, 0.25) is 11.0 Å². The van der Waals surface area contributed by atoms with E-state index in [4.69, 9.17) is 0 Å². The fraction of sp³-hybridized carbons (Fsp3) is 0.286. The minimum Gasteiger partial charge on any atom is -0.349 e. The van der Waals surface area contributed by atoms with E-state index in [2.05, 4.69) is 33.0 Å². The number of nitrogens with zero attached hydrogens (tertiary/aromatic N) is 2. The van der Waals surface area contributed by atoms with Gasteiger partial charge in [-0.2, -0.15) is 8.78 Å². The lowest BCUT2D eigenvalue weighted by Gasteiger charge is -2.26. The molecule has 0 aliphatic heterocycles. The van der Waals surface area contributed by atoms with Gasteiger partial charge in [0.1, 0.15) is 0 Å². The van der Waals surface area contributed by atoms with E-state index in [1.54, 1.807) is 24.3 Å². The number of nitrogens with one attached hydrogen (secondary N) is 2. The van der Waals surface area contributed by atoms with E-state index >= 15 is 0 Å². The zero-order chi connectivity index (χ0) is 21.6. The quantitative estimate of drug-likeness (QED) is 0.394. The van der Waals surface area contributed by atoms with Crippen LogP contribution in [0.3, 0.4) is 0 Å². The smallest absolute Gasteiger partial charge is 0.288 e. The van der Waals surface area contributed by atoms with Crippen LogP contribution in [0.1, 0.15) is 30.0 Å². The maximum absolute atomic E-state index is 12.5. The monoisotopic (exact) mass is 478 g/mol. The van der Waals surface area contributed by atoms with Crippen molar-refractivity contribution in [1.29, 1.82) is 0 Å². The van der Waals surface area contributed by atoms with Crippen molar-refractivity contribution in [3.8, 4) is 0 Å². The van der Waals surface area contributed by atoms with Crippen LogP contribution >= 0.6 is 34.9 Å². The first-order valence-electron chi connectivity index (χ1n) is 9.72. The number of aromatic nitrogens is 2. The second-order valence-electron chi connectivity index (χ2n) is 6.90. The number of anilines is 2. The lowest BCUT2D eigenvalue weighted by Crippen LogP contribution is -2.32. The summed E-state index contributed by atoms with van der Waals surface area (Å²) in [7, 11) is 0. The Bertz CT molecular complexity index is 1030. The van der Waals surface area contributed by atoms with Gasteiger partial charge in [-0.05, 0) is 54.7 Å². The predicted octanol–water partition coefficient (Wildman–Crippen LogP) is 5.88. The second-order valence-corrected chi connectivity index (χ2v) is 10.2. The molecule has 1 amide bonds. The molecule has 1 unspecified atom stereocenters. The zero-order valence-electron chi connectivity index (χ0n) is 16.4. The average molecular weight is 479 g/mol. The molecule has 1 aliphatic rings. The molecular formula is C21H20F2N4OS3. The van der Waals surface area contributed by atoms with Crippen LogP contribution in [0.2, 0.25) is 0 Å². The Balaban J connectivity index is 1.27. The summed E-state index contributed by atoms with van der Waals surface area (Å²) in [5.74, 6) is -2.19. The first-order valence-corrected chi connectivity index (χ1v) is 12.4. The van der Waals surface area contributed by atoms with Crippen LogP contribution < -0.4 is 10.6 Å². The molecule has 2 aromatic carbocycles. The highest BCUT2D eigenvalue weighted by molar-refractivity contribution is 8.01. The lowest BCUT2D eigenvalue weighted by atomic mass is 9.88. The number of carbonyl (C=O) groups is 1. The fourth-order valence-electron chi connectivity index (χ4n) is 3.43. The number of aryl methyl sites for hydroxylation is 1. The lowest BCUT2D eigenvalue weighted by molar-refractivity contribution is -0.119. The van der Waals surface area contributed by atoms with Crippen molar-refractivity contribution in [1.82, 2.24) is 15.5 Å². The number of carbonyl (C=O) groups excluding carboxylic acids is 1. The third kappa shape index (κ3) is 6.18. The van der Waals surface area contributed by atoms with Crippen molar-refractivity contribution in [2.45, 2.75) is 40.3 Å². The Kier molecular flexibility index (Phi) is 7.41. The highest BCUT2D eigenvalue weighted by Gasteiger charge is 2.21. The summed E-state index contributed by atoms with van der Waals surface area (Å²) in [6.45, 7) is 0. The number of amides is 1. The summed E-state index contributed by atoms with van der Waals surface area (Å²) < 4.78 is 25.5. The number of rotatable bonds is 8. The molecule has 10 heteroatoms. The van der Waals surface area contributed by atoms with Crippen LogP contribution in [0.4, 0.5) is 19.6 Å². The Labute approximate surface area is 191 Å². The fourth-order valence-corrected chi connectivity index (χ4v) is 5.51. The van der Waals surface area contributed by atoms with Crippen molar-refractivity contribution in [2.24, 2.45) is 0 Å². The molecule has 3 aromatic rings. The Morgan fingerprint density at radius 2 is 1.97 bits per heavy atom. The number of halogens is 2. The molecule has 0 radical (unpaired) electrons. The predicted molar refractivity (Wildman–Crippen MR) is 122 cm³/mol. The first kappa shape index (κ1) is 22.0. The van der Waals surface area contributed by atoms with Gasteiger partial charge in [-0.1, -0.05) is 59.1 Å². The summed E-state index contributed by atoms with van der Waals surface area (Å²) in [4.78, 5) is 13.0. The van der Waals surface area contributed by atoms with Gasteiger partial charge in [0.15, 0.2) is 4.34 Å². The van der Waals surface area contributed by atoms with Crippen LogP contribution in [0, 0.1) is 0 Å². The molecule has 4 rings (SSSR count). The number of thioether (sulfide) groups is 2. The van der Waals surface area contributed by atoms with E-state index in [-0.39, 0.29) is 17.7 Å². The maximum Gasteiger partial charge on any atom is 0.288 e. The molecule has 0 bridgehead atoms. The normalized spacial score (nSPS) is 15.5. The molecule has 162 valence electrons. The highest BCUT2D eigenvalue weighted by Crippen LogP contribution is 2.31. The Morgan fingerprint density at radius 3 is 2.77 bits per heavy atom. The van der Waals surface area contributed by atoms with Crippen LogP contribution in [0.5, 0.6) is 0 Å². The SMILES string of the molecule is O=C(CSc1nnc(Nc2ccc(SC(F)F)cc2)s1)NC1CCCc2ccccc21. The minimum absolute atomic E-state index is 0.0245. The molecule has 0 spiro atoms. The molecule has 31 heavy (non-hydrogen) atoms. The maximum atomic E-state index is 12.5. The summed E-state index contributed by atoms with van der Waals surface area (Å²) >= 11 is 3.20. The number of fused-ring (bicyclic) bond motifs is 1. The zero-order valence-corrected chi connectivity index (χ0v) is 18.8. The molecular weight excluding hydrogens is 458 g/mol. The third-order valence-corrected chi connectivity index (χ3v) is 7.46. The molecule has 5 nitrogen and oxygen atoms in total. The van der Waals surface area contributed by atoms with Crippen LogP contribution in [-0.2, 0) is 11.2 Å². The van der Waals surface area contributed by atoms with Gasteiger partial charge in [-0.15, -0.1) is 10.2 Å². The molecule has 0 fully saturated rings. The largest absolute Gasteiger partial charge is 0.349 e. The number of benzene rings is 2. The van der Waals surface area contributed by atoms with Gasteiger partial charge >= 0.3 is 0 Å². The Hall–Kier alpha value is -2.17. The van der Waals surface area contributed by atoms with Crippen molar-refractivity contribution < 1.29 is 13.6 Å². The van der Waals surface area contributed by atoms with Crippen molar-refractivity contribution in [2.75, 3.05) is 11.1 Å². The molecule has 1 heterocycles. The molecule has 1 atom stereocenters. The van der Waals surface area contributed by atoms with Gasteiger partial charge in [0.25, 0.3) is 5.76 Å². The summed E-state index contributed by atoms with van der Waals surface area (Å²) in [6, 6.07) is 15.0. The number of hydrogen-bond donors (Lipinski definition) is 2. The molecule has 1 aromatic heterocycles. The van der Waals surface area contributed by atoms with E-state index in [1.165, 1.54) is 34.2 Å². The van der Waals surface area contributed by atoms with Crippen LogP contribution in [0.15, 0.2) is 57.8 Å². The van der Waals surface area contributed by atoms with Crippen molar-refractivity contribution >= 4 is 51.6 Å². The summed E-state index contributed by atoms with van der Waals surface area (Å²) in [6.07, 6.45) is 3.09. The van der Waals surface area contributed by atoms with E-state index in [0.717, 1.165) is 24.9 Å². The molecule has 0 saturated carbocycles. The van der Waals surface area contributed by atoms with E-state index in [9.17, 15) is 13.6 Å². The van der Waals surface area contributed by atoms with Crippen molar-refractivity contribution in [3.63, 3.8) is 0 Å². The first-order chi connectivity index (χ1) is 15.1. The third-order valence-electron chi connectivity index (χ3n) is 4.77. The van der Waals surface area contributed by atoms with E-state index < -0.39 is 5.76 Å². The molecule has 2 N–H and O–H groups in total.